The zero-order valence-electron chi connectivity index (χ0n) is 22.4. The normalized spacial score (nSPS) is 13.9. The van der Waals surface area contributed by atoms with E-state index in [-0.39, 0.29) is 30.8 Å². The summed E-state index contributed by atoms with van der Waals surface area (Å²) < 4.78 is 0. The van der Waals surface area contributed by atoms with E-state index in [1.54, 1.807) is 30.5 Å². The van der Waals surface area contributed by atoms with Gasteiger partial charge >= 0.3 is 11.9 Å². The molecule has 1 aromatic heterocycles. The van der Waals surface area contributed by atoms with Gasteiger partial charge in [-0.05, 0) is 42.2 Å². The van der Waals surface area contributed by atoms with Crippen molar-refractivity contribution in [1.29, 1.82) is 0 Å². The molecule has 3 aromatic rings. The highest BCUT2D eigenvalue weighted by Crippen LogP contribution is 2.19. The van der Waals surface area contributed by atoms with Gasteiger partial charge in [-0.3, -0.25) is 19.2 Å². The second-order valence-corrected chi connectivity index (χ2v) is 10.0. The number of aliphatic carboxylic acids is 2. The lowest BCUT2D eigenvalue weighted by molar-refractivity contribution is -0.143. The number of phenolic OH excluding ortho intramolecular Hbond substituents is 1. The number of nitrogens with one attached hydrogen (secondary N) is 4. The standard InChI is InChI=1S/C28H33N5O8S/c29-19(11-15-5-7-17(34)8-6-15)25(37)33-23(14-42)27(39)31-21(9-10-24(35)36)26(38)32-22(28(40)41)12-16-13-30-20-4-2-1-3-18(16)20/h1-8,13,19,21-23,30,34,42H,9-12,14,29H2,(H,31,39)(H,32,38)(H,33,37)(H,35,36)(H,40,41). The van der Waals surface area contributed by atoms with Crippen LogP contribution in [-0.4, -0.2) is 79.9 Å². The zero-order valence-corrected chi connectivity index (χ0v) is 23.3. The molecular weight excluding hydrogens is 566 g/mol. The fourth-order valence-corrected chi connectivity index (χ4v) is 4.51. The van der Waals surface area contributed by atoms with Crippen molar-refractivity contribution in [1.82, 2.24) is 20.9 Å². The summed E-state index contributed by atoms with van der Waals surface area (Å²) >= 11 is 4.11. The number of hydrogen-bond donors (Lipinski definition) is 9. The van der Waals surface area contributed by atoms with Gasteiger partial charge in [0.1, 0.15) is 23.9 Å². The Morgan fingerprint density at radius 1 is 0.833 bits per heavy atom. The van der Waals surface area contributed by atoms with Gasteiger partial charge in [-0.2, -0.15) is 12.6 Å². The van der Waals surface area contributed by atoms with Crippen LogP contribution in [0.2, 0.25) is 0 Å². The van der Waals surface area contributed by atoms with Gasteiger partial charge in [-0.25, -0.2) is 4.79 Å². The van der Waals surface area contributed by atoms with E-state index >= 15 is 0 Å². The maximum absolute atomic E-state index is 13.1. The predicted octanol–water partition coefficient (Wildman–Crippen LogP) is 0.320. The molecule has 4 unspecified atom stereocenters. The maximum atomic E-state index is 13.1. The summed E-state index contributed by atoms with van der Waals surface area (Å²) in [5, 5.41) is 36.4. The van der Waals surface area contributed by atoms with Crippen LogP contribution in [0.3, 0.4) is 0 Å². The van der Waals surface area contributed by atoms with Gasteiger partial charge in [-0.15, -0.1) is 0 Å². The summed E-state index contributed by atoms with van der Waals surface area (Å²) in [5.74, 6) is -5.06. The van der Waals surface area contributed by atoms with E-state index < -0.39 is 60.2 Å². The third-order valence-electron chi connectivity index (χ3n) is 6.54. The number of H-pyrrole nitrogens is 1. The Kier molecular flexibility index (Phi) is 11.3. The molecule has 0 fully saturated rings. The number of carbonyl (C=O) groups excluding carboxylic acids is 3. The Morgan fingerprint density at radius 3 is 2.10 bits per heavy atom. The minimum Gasteiger partial charge on any atom is -0.508 e. The number of nitrogens with two attached hydrogens (primary N) is 1. The van der Waals surface area contributed by atoms with Crippen molar-refractivity contribution in [2.75, 3.05) is 5.75 Å². The number of thiol groups is 1. The molecule has 224 valence electrons. The summed E-state index contributed by atoms with van der Waals surface area (Å²) in [7, 11) is 0. The molecule has 9 N–H and O–H groups in total. The molecule has 0 radical (unpaired) electrons. The molecule has 0 aliphatic heterocycles. The smallest absolute Gasteiger partial charge is 0.326 e. The van der Waals surface area contributed by atoms with Crippen LogP contribution < -0.4 is 21.7 Å². The molecule has 3 rings (SSSR count). The number of para-hydroxylation sites is 1. The van der Waals surface area contributed by atoms with Gasteiger partial charge in [-0.1, -0.05) is 30.3 Å². The lowest BCUT2D eigenvalue weighted by Crippen LogP contribution is -2.58. The van der Waals surface area contributed by atoms with Gasteiger partial charge in [0.05, 0.1) is 6.04 Å². The van der Waals surface area contributed by atoms with Crippen LogP contribution in [0.5, 0.6) is 5.75 Å². The Balaban J connectivity index is 1.67. The third-order valence-corrected chi connectivity index (χ3v) is 6.90. The number of aromatic hydroxyl groups is 1. The number of rotatable bonds is 15. The summed E-state index contributed by atoms with van der Waals surface area (Å²) in [5.41, 5.74) is 8.08. The van der Waals surface area contributed by atoms with Crippen molar-refractivity contribution < 1.29 is 39.3 Å². The van der Waals surface area contributed by atoms with Crippen LogP contribution in [0.25, 0.3) is 10.9 Å². The summed E-state index contributed by atoms with van der Waals surface area (Å²) in [6.07, 6.45) is 0.860. The topological polar surface area (TPSA) is 224 Å². The number of carbonyl (C=O) groups is 5. The number of aromatic amines is 1. The number of benzene rings is 2. The first-order valence-corrected chi connectivity index (χ1v) is 13.7. The number of hydrogen-bond acceptors (Lipinski definition) is 8. The quantitative estimate of drug-likeness (QED) is 0.110. The van der Waals surface area contributed by atoms with Crippen LogP contribution in [-0.2, 0) is 36.8 Å². The SMILES string of the molecule is NC(Cc1ccc(O)cc1)C(=O)NC(CS)C(=O)NC(CCC(=O)O)C(=O)NC(Cc1c[nH]c2ccccc12)C(=O)O. The molecule has 0 bridgehead atoms. The van der Waals surface area contributed by atoms with Crippen molar-refractivity contribution in [3.63, 3.8) is 0 Å². The van der Waals surface area contributed by atoms with Gasteiger partial charge in [0.2, 0.25) is 17.7 Å². The highest BCUT2D eigenvalue weighted by atomic mass is 32.1. The number of aromatic nitrogens is 1. The zero-order chi connectivity index (χ0) is 30.8. The lowest BCUT2D eigenvalue weighted by Gasteiger charge is -2.24. The second kappa shape index (κ2) is 14.9. The molecule has 0 saturated heterocycles. The molecule has 4 atom stereocenters. The Labute approximate surface area is 246 Å². The minimum absolute atomic E-state index is 0.0534. The van der Waals surface area contributed by atoms with Crippen molar-refractivity contribution in [2.24, 2.45) is 5.73 Å². The number of amides is 3. The molecule has 0 aliphatic carbocycles. The number of carboxylic acid groups (broad SMARTS) is 2. The first-order chi connectivity index (χ1) is 20.0. The monoisotopic (exact) mass is 599 g/mol. The van der Waals surface area contributed by atoms with E-state index in [2.05, 4.69) is 33.6 Å². The molecular formula is C28H33N5O8S. The van der Waals surface area contributed by atoms with Crippen molar-refractivity contribution in [3.8, 4) is 5.75 Å². The second-order valence-electron chi connectivity index (χ2n) is 9.68. The molecule has 0 spiro atoms. The van der Waals surface area contributed by atoms with Crippen LogP contribution in [0, 0.1) is 0 Å². The molecule has 3 amide bonds. The van der Waals surface area contributed by atoms with Crippen LogP contribution in [0.15, 0.2) is 54.7 Å². The third kappa shape index (κ3) is 8.97. The average Bonchev–Trinajstić information content (AvgIpc) is 3.36. The number of phenols is 1. The Hall–Kier alpha value is -4.56. The van der Waals surface area contributed by atoms with Gasteiger partial charge in [0.25, 0.3) is 0 Å². The largest absolute Gasteiger partial charge is 0.508 e. The average molecular weight is 600 g/mol. The van der Waals surface area contributed by atoms with Crippen molar-refractivity contribution >= 4 is 53.2 Å². The lowest BCUT2D eigenvalue weighted by atomic mass is 10.0. The molecule has 42 heavy (non-hydrogen) atoms. The van der Waals surface area contributed by atoms with E-state index in [0.29, 0.717) is 11.1 Å². The first kappa shape index (κ1) is 32.0. The molecule has 2 aromatic carbocycles. The maximum Gasteiger partial charge on any atom is 0.326 e. The summed E-state index contributed by atoms with van der Waals surface area (Å²) in [6.45, 7) is 0. The predicted molar refractivity (Wildman–Crippen MR) is 156 cm³/mol. The van der Waals surface area contributed by atoms with E-state index in [0.717, 1.165) is 10.9 Å². The molecule has 0 aliphatic rings. The Bertz CT molecular complexity index is 1430. The highest BCUT2D eigenvalue weighted by molar-refractivity contribution is 7.80. The molecule has 13 nitrogen and oxygen atoms in total. The van der Waals surface area contributed by atoms with E-state index in [9.17, 15) is 34.2 Å². The summed E-state index contributed by atoms with van der Waals surface area (Å²) in [6, 6.07) is 8.26. The van der Waals surface area contributed by atoms with Crippen LogP contribution in [0.4, 0.5) is 0 Å². The fraction of sp³-hybridized carbons (Fsp3) is 0.321. The van der Waals surface area contributed by atoms with Crippen LogP contribution >= 0.6 is 12.6 Å². The first-order valence-electron chi connectivity index (χ1n) is 13.0. The van der Waals surface area contributed by atoms with E-state index in [4.69, 9.17) is 10.8 Å². The molecule has 14 heteroatoms. The van der Waals surface area contributed by atoms with Crippen molar-refractivity contribution in [3.05, 3.63) is 65.9 Å². The van der Waals surface area contributed by atoms with Gasteiger partial charge in [0.15, 0.2) is 0 Å². The number of carboxylic acids is 2. The minimum atomic E-state index is -1.41. The summed E-state index contributed by atoms with van der Waals surface area (Å²) in [4.78, 5) is 65.1. The van der Waals surface area contributed by atoms with Crippen molar-refractivity contribution in [2.45, 2.75) is 49.9 Å². The van der Waals surface area contributed by atoms with E-state index in [1.165, 1.54) is 12.1 Å². The molecule has 1 heterocycles. The molecule has 0 saturated carbocycles. The fourth-order valence-electron chi connectivity index (χ4n) is 4.25. The number of fused-ring (bicyclic) bond motifs is 1. The van der Waals surface area contributed by atoms with E-state index in [1.807, 2.05) is 12.1 Å². The van der Waals surface area contributed by atoms with Gasteiger partial charge in [0, 0.05) is 35.7 Å². The Morgan fingerprint density at radius 2 is 1.45 bits per heavy atom. The van der Waals surface area contributed by atoms with Crippen LogP contribution in [0.1, 0.15) is 24.0 Å². The highest BCUT2D eigenvalue weighted by Gasteiger charge is 2.30. The van der Waals surface area contributed by atoms with Gasteiger partial charge < -0.3 is 42.0 Å².